The first kappa shape index (κ1) is 11.9. The summed E-state index contributed by atoms with van der Waals surface area (Å²) in [5.74, 6) is 0.857. The molecule has 88 valence electrons. The molecular formula is C13H19ClN2. The average molecular weight is 239 g/mol. The van der Waals surface area contributed by atoms with Crippen LogP contribution in [0.3, 0.4) is 0 Å². The second kappa shape index (κ2) is 5.67. The van der Waals surface area contributed by atoms with Crippen molar-refractivity contribution in [1.82, 2.24) is 10.2 Å². The van der Waals surface area contributed by atoms with Crippen LogP contribution in [0.15, 0.2) is 24.3 Å². The van der Waals surface area contributed by atoms with Gasteiger partial charge in [0.2, 0.25) is 0 Å². The molecule has 1 saturated heterocycles. The van der Waals surface area contributed by atoms with E-state index < -0.39 is 0 Å². The lowest BCUT2D eigenvalue weighted by Gasteiger charge is -2.31. The van der Waals surface area contributed by atoms with Gasteiger partial charge in [0.15, 0.2) is 0 Å². The summed E-state index contributed by atoms with van der Waals surface area (Å²) in [5.41, 5.74) is 1.36. The van der Waals surface area contributed by atoms with Gasteiger partial charge in [-0.25, -0.2) is 0 Å². The Hall–Kier alpha value is -0.570. The third kappa shape index (κ3) is 3.48. The van der Waals surface area contributed by atoms with Crippen LogP contribution >= 0.6 is 11.6 Å². The molecule has 2 rings (SSSR count). The number of nitrogens with zero attached hydrogens (tertiary/aromatic N) is 1. The van der Waals surface area contributed by atoms with Crippen molar-refractivity contribution < 1.29 is 0 Å². The lowest BCUT2D eigenvalue weighted by molar-refractivity contribution is 0.226. The maximum Gasteiger partial charge on any atom is 0.0406 e. The van der Waals surface area contributed by atoms with E-state index in [0.29, 0.717) is 0 Å². The molecule has 0 spiro atoms. The molecule has 1 aromatic rings. The molecule has 0 aliphatic carbocycles. The Bertz CT molecular complexity index is 319. The van der Waals surface area contributed by atoms with Crippen LogP contribution in [-0.2, 0) is 6.42 Å². The molecule has 0 aromatic heterocycles. The summed E-state index contributed by atoms with van der Waals surface area (Å²) in [4.78, 5) is 2.42. The molecule has 2 nitrogen and oxygen atoms in total. The SMILES string of the molecule is CN(CCc1ccc(Cl)cc1)CC1CNC1. The Kier molecular flexibility index (Phi) is 4.22. The van der Waals surface area contributed by atoms with E-state index in [0.717, 1.165) is 23.9 Å². The standard InChI is InChI=1S/C13H19ClN2/c1-16(10-12-8-15-9-12)7-6-11-2-4-13(14)5-3-11/h2-5,12,15H,6-10H2,1H3. The maximum atomic E-state index is 5.85. The lowest BCUT2D eigenvalue weighted by Crippen LogP contribution is -2.47. The van der Waals surface area contributed by atoms with Crippen molar-refractivity contribution in [2.24, 2.45) is 5.92 Å². The third-order valence-electron chi connectivity index (χ3n) is 3.13. The molecule has 0 atom stereocenters. The number of nitrogens with one attached hydrogen (secondary N) is 1. The van der Waals surface area contributed by atoms with Crippen molar-refractivity contribution in [3.63, 3.8) is 0 Å². The molecule has 1 aliphatic rings. The zero-order valence-corrected chi connectivity index (χ0v) is 10.5. The van der Waals surface area contributed by atoms with Gasteiger partial charge in [0.05, 0.1) is 0 Å². The predicted molar refractivity (Wildman–Crippen MR) is 69.0 cm³/mol. The fourth-order valence-corrected chi connectivity index (χ4v) is 2.11. The molecule has 1 aromatic carbocycles. The van der Waals surface area contributed by atoms with E-state index in [-0.39, 0.29) is 0 Å². The topological polar surface area (TPSA) is 15.3 Å². The van der Waals surface area contributed by atoms with E-state index in [2.05, 4.69) is 29.4 Å². The first-order chi connectivity index (χ1) is 7.74. The van der Waals surface area contributed by atoms with Gasteiger partial charge in [-0.15, -0.1) is 0 Å². The van der Waals surface area contributed by atoms with E-state index in [4.69, 9.17) is 11.6 Å². The first-order valence-corrected chi connectivity index (χ1v) is 6.25. The Balaban J connectivity index is 1.71. The quantitative estimate of drug-likeness (QED) is 0.845. The Morgan fingerprint density at radius 1 is 1.31 bits per heavy atom. The van der Waals surface area contributed by atoms with Crippen LogP contribution in [0.25, 0.3) is 0 Å². The highest BCUT2D eigenvalue weighted by Gasteiger charge is 2.17. The van der Waals surface area contributed by atoms with Crippen LogP contribution in [0.1, 0.15) is 5.56 Å². The normalized spacial score (nSPS) is 16.4. The monoisotopic (exact) mass is 238 g/mol. The summed E-state index contributed by atoms with van der Waals surface area (Å²) < 4.78 is 0. The number of hydrogen-bond acceptors (Lipinski definition) is 2. The minimum Gasteiger partial charge on any atom is -0.316 e. The molecule has 1 aliphatic heterocycles. The summed E-state index contributed by atoms with van der Waals surface area (Å²) in [7, 11) is 2.20. The predicted octanol–water partition coefficient (Wildman–Crippen LogP) is 2.03. The highest BCUT2D eigenvalue weighted by Crippen LogP contribution is 2.11. The summed E-state index contributed by atoms with van der Waals surface area (Å²) in [5, 5.41) is 4.12. The number of rotatable bonds is 5. The Labute approximate surface area is 103 Å². The van der Waals surface area contributed by atoms with E-state index in [1.54, 1.807) is 0 Å². The highest BCUT2D eigenvalue weighted by molar-refractivity contribution is 6.30. The fourth-order valence-electron chi connectivity index (χ4n) is 1.98. The first-order valence-electron chi connectivity index (χ1n) is 5.88. The lowest BCUT2D eigenvalue weighted by atomic mass is 10.0. The number of hydrogen-bond donors (Lipinski definition) is 1. The van der Waals surface area contributed by atoms with Gasteiger partial charge in [0, 0.05) is 31.2 Å². The van der Waals surface area contributed by atoms with Crippen LogP contribution in [0.2, 0.25) is 5.02 Å². The van der Waals surface area contributed by atoms with Crippen molar-refractivity contribution in [3.05, 3.63) is 34.9 Å². The molecule has 1 heterocycles. The van der Waals surface area contributed by atoms with Crippen LogP contribution < -0.4 is 5.32 Å². The molecule has 1 N–H and O–H groups in total. The zero-order valence-electron chi connectivity index (χ0n) is 9.75. The summed E-state index contributed by atoms with van der Waals surface area (Å²) in [6.45, 7) is 4.70. The van der Waals surface area contributed by atoms with E-state index in [1.807, 2.05) is 12.1 Å². The van der Waals surface area contributed by atoms with Gasteiger partial charge in [0.1, 0.15) is 0 Å². The molecule has 16 heavy (non-hydrogen) atoms. The van der Waals surface area contributed by atoms with Gasteiger partial charge in [-0.2, -0.15) is 0 Å². The Morgan fingerprint density at radius 3 is 2.56 bits per heavy atom. The summed E-state index contributed by atoms with van der Waals surface area (Å²) >= 11 is 5.85. The number of halogens is 1. The van der Waals surface area contributed by atoms with Gasteiger partial charge in [-0.1, -0.05) is 23.7 Å². The van der Waals surface area contributed by atoms with Crippen LogP contribution in [-0.4, -0.2) is 38.1 Å². The van der Waals surface area contributed by atoms with Crippen molar-refractivity contribution in [1.29, 1.82) is 0 Å². The molecule has 3 heteroatoms. The smallest absolute Gasteiger partial charge is 0.0406 e. The molecular weight excluding hydrogens is 220 g/mol. The van der Waals surface area contributed by atoms with Gasteiger partial charge < -0.3 is 10.2 Å². The van der Waals surface area contributed by atoms with Crippen molar-refractivity contribution in [2.75, 3.05) is 33.2 Å². The van der Waals surface area contributed by atoms with E-state index >= 15 is 0 Å². The van der Waals surface area contributed by atoms with Gasteiger partial charge >= 0.3 is 0 Å². The minimum absolute atomic E-state index is 0.817. The largest absolute Gasteiger partial charge is 0.316 e. The Morgan fingerprint density at radius 2 is 2.00 bits per heavy atom. The molecule has 0 bridgehead atoms. The van der Waals surface area contributed by atoms with Crippen molar-refractivity contribution >= 4 is 11.6 Å². The van der Waals surface area contributed by atoms with Crippen LogP contribution in [0.5, 0.6) is 0 Å². The van der Waals surface area contributed by atoms with Gasteiger partial charge in [0.25, 0.3) is 0 Å². The van der Waals surface area contributed by atoms with Crippen molar-refractivity contribution in [3.8, 4) is 0 Å². The summed E-state index contributed by atoms with van der Waals surface area (Å²) in [6.07, 6.45) is 1.10. The van der Waals surface area contributed by atoms with E-state index in [9.17, 15) is 0 Å². The number of benzene rings is 1. The summed E-state index contributed by atoms with van der Waals surface area (Å²) in [6, 6.07) is 8.15. The average Bonchev–Trinajstić information content (AvgIpc) is 2.23. The van der Waals surface area contributed by atoms with Crippen molar-refractivity contribution in [2.45, 2.75) is 6.42 Å². The minimum atomic E-state index is 0.817. The van der Waals surface area contributed by atoms with Crippen LogP contribution in [0, 0.1) is 5.92 Å². The molecule has 1 fully saturated rings. The second-order valence-electron chi connectivity index (χ2n) is 4.66. The number of likely N-dealkylation sites (N-methyl/N-ethyl adjacent to an activating group) is 1. The second-order valence-corrected chi connectivity index (χ2v) is 5.10. The van der Waals surface area contributed by atoms with Crippen LogP contribution in [0.4, 0.5) is 0 Å². The highest BCUT2D eigenvalue weighted by atomic mass is 35.5. The third-order valence-corrected chi connectivity index (χ3v) is 3.38. The molecule has 0 radical (unpaired) electrons. The zero-order chi connectivity index (χ0) is 11.4. The van der Waals surface area contributed by atoms with Gasteiger partial charge in [-0.05, 0) is 37.1 Å². The molecule has 0 saturated carbocycles. The van der Waals surface area contributed by atoms with E-state index in [1.165, 1.54) is 25.2 Å². The molecule has 0 unspecified atom stereocenters. The molecule has 0 amide bonds. The fraction of sp³-hybridized carbons (Fsp3) is 0.538. The van der Waals surface area contributed by atoms with Gasteiger partial charge in [-0.3, -0.25) is 0 Å². The maximum absolute atomic E-state index is 5.85.